The van der Waals surface area contributed by atoms with Gasteiger partial charge in [-0.3, -0.25) is 4.79 Å². The Morgan fingerprint density at radius 1 is 1.44 bits per heavy atom. The normalized spacial score (nSPS) is 15.1. The van der Waals surface area contributed by atoms with Crippen LogP contribution >= 0.6 is 0 Å². The molecule has 0 aliphatic carbocycles. The van der Waals surface area contributed by atoms with Gasteiger partial charge in [0.05, 0.1) is 12.2 Å². The Labute approximate surface area is 89.0 Å². The average Bonchev–Trinajstić information content (AvgIpc) is 2.58. The Bertz CT molecular complexity index is 444. The van der Waals surface area contributed by atoms with Crippen molar-refractivity contribution in [1.29, 1.82) is 0 Å². The molecular formula is C9H6BF3O3. The first-order chi connectivity index (χ1) is 7.45. The molecule has 1 N–H and O–H groups in total. The van der Waals surface area contributed by atoms with Crippen LogP contribution in [-0.4, -0.2) is 18.4 Å². The summed E-state index contributed by atoms with van der Waals surface area (Å²) in [5.74, 6) is 0. The second-order valence-corrected chi connectivity index (χ2v) is 3.37. The van der Waals surface area contributed by atoms with E-state index in [1.807, 2.05) is 0 Å². The van der Waals surface area contributed by atoms with Gasteiger partial charge in [0.15, 0.2) is 6.29 Å². The van der Waals surface area contributed by atoms with Crippen LogP contribution in [0.5, 0.6) is 0 Å². The molecule has 3 nitrogen and oxygen atoms in total. The first-order valence-electron chi connectivity index (χ1n) is 4.43. The van der Waals surface area contributed by atoms with Crippen LogP contribution in [0.1, 0.15) is 21.5 Å². The van der Waals surface area contributed by atoms with E-state index in [0.717, 1.165) is 12.1 Å². The Morgan fingerprint density at radius 2 is 2.12 bits per heavy atom. The lowest BCUT2D eigenvalue weighted by atomic mass is 9.77. The number of hydrogen-bond acceptors (Lipinski definition) is 3. The number of carbonyl (C=O) groups is 1. The van der Waals surface area contributed by atoms with Gasteiger partial charge in [-0.2, -0.15) is 13.2 Å². The maximum atomic E-state index is 12.5. The Hall–Kier alpha value is -1.34. The molecule has 0 bridgehead atoms. The Kier molecular flexibility index (Phi) is 2.51. The molecule has 0 spiro atoms. The number of halogens is 3. The zero-order valence-corrected chi connectivity index (χ0v) is 7.91. The van der Waals surface area contributed by atoms with Crippen LogP contribution in [0.15, 0.2) is 12.1 Å². The van der Waals surface area contributed by atoms with Gasteiger partial charge in [-0.05, 0) is 17.1 Å². The van der Waals surface area contributed by atoms with E-state index in [-0.39, 0.29) is 23.9 Å². The lowest BCUT2D eigenvalue weighted by Gasteiger charge is -2.12. The summed E-state index contributed by atoms with van der Waals surface area (Å²) >= 11 is 0. The van der Waals surface area contributed by atoms with Crippen molar-refractivity contribution in [2.45, 2.75) is 12.8 Å². The van der Waals surface area contributed by atoms with Gasteiger partial charge in [-0.1, -0.05) is 6.07 Å². The van der Waals surface area contributed by atoms with Crippen molar-refractivity contribution in [3.05, 3.63) is 28.8 Å². The molecule has 1 aromatic carbocycles. The van der Waals surface area contributed by atoms with Crippen LogP contribution in [0.4, 0.5) is 13.2 Å². The third kappa shape index (κ3) is 1.62. The minimum absolute atomic E-state index is 0.109. The van der Waals surface area contributed by atoms with Crippen molar-refractivity contribution in [3.63, 3.8) is 0 Å². The van der Waals surface area contributed by atoms with E-state index in [2.05, 4.69) is 0 Å². The van der Waals surface area contributed by atoms with Gasteiger partial charge in [0.25, 0.3) is 0 Å². The standard InChI is InChI=1S/C9H6BF3O3/c11-9(12,13)7-1-2-8-6(5(7)3-14)4-16-10(8)15/h1-3,15H,4H2. The van der Waals surface area contributed by atoms with Gasteiger partial charge in [0, 0.05) is 5.56 Å². The van der Waals surface area contributed by atoms with Crippen molar-refractivity contribution in [3.8, 4) is 0 Å². The number of carbonyl (C=O) groups excluding carboxylic acids is 1. The number of alkyl halides is 3. The summed E-state index contributed by atoms with van der Waals surface area (Å²) in [6.45, 7) is -0.186. The van der Waals surface area contributed by atoms with Crippen LogP contribution in [-0.2, 0) is 17.4 Å². The number of benzene rings is 1. The summed E-state index contributed by atoms with van der Waals surface area (Å²) in [5, 5.41) is 9.28. The van der Waals surface area contributed by atoms with Crippen molar-refractivity contribution in [2.24, 2.45) is 0 Å². The van der Waals surface area contributed by atoms with Gasteiger partial charge in [0.2, 0.25) is 0 Å². The van der Waals surface area contributed by atoms with E-state index in [9.17, 15) is 23.0 Å². The first kappa shape index (κ1) is 11.2. The third-order valence-corrected chi connectivity index (χ3v) is 2.47. The number of hydrogen-bond donors (Lipinski definition) is 1. The predicted octanol–water partition coefficient (Wildman–Crippen LogP) is 0.736. The molecule has 7 heteroatoms. The minimum atomic E-state index is -4.58. The molecule has 1 aliphatic rings. The van der Waals surface area contributed by atoms with E-state index in [4.69, 9.17) is 4.65 Å². The molecule has 0 amide bonds. The fourth-order valence-electron chi connectivity index (χ4n) is 1.71. The minimum Gasteiger partial charge on any atom is -0.423 e. The smallest absolute Gasteiger partial charge is 0.423 e. The summed E-state index contributed by atoms with van der Waals surface area (Å²) < 4.78 is 42.4. The van der Waals surface area contributed by atoms with Gasteiger partial charge in [-0.25, -0.2) is 0 Å². The second kappa shape index (κ2) is 3.60. The van der Waals surface area contributed by atoms with Crippen molar-refractivity contribution in [1.82, 2.24) is 0 Å². The topological polar surface area (TPSA) is 46.5 Å². The molecule has 0 unspecified atom stereocenters. The Morgan fingerprint density at radius 3 is 2.69 bits per heavy atom. The van der Waals surface area contributed by atoms with Crippen LogP contribution in [0.25, 0.3) is 0 Å². The average molecular weight is 230 g/mol. The summed E-state index contributed by atoms with van der Waals surface area (Å²) in [4.78, 5) is 10.7. The van der Waals surface area contributed by atoms with Gasteiger partial charge in [0.1, 0.15) is 0 Å². The number of fused-ring (bicyclic) bond motifs is 1. The van der Waals surface area contributed by atoms with Gasteiger partial charge in [-0.15, -0.1) is 0 Å². The lowest BCUT2D eigenvalue weighted by Crippen LogP contribution is -2.29. The highest BCUT2D eigenvalue weighted by Crippen LogP contribution is 2.33. The van der Waals surface area contributed by atoms with Gasteiger partial charge < -0.3 is 9.68 Å². The molecule has 2 rings (SSSR count). The molecule has 0 atom stereocenters. The molecule has 0 aromatic heterocycles. The van der Waals surface area contributed by atoms with E-state index in [1.54, 1.807) is 0 Å². The van der Waals surface area contributed by atoms with Crippen molar-refractivity contribution >= 4 is 18.9 Å². The lowest BCUT2D eigenvalue weighted by molar-refractivity contribution is -0.137. The zero-order valence-electron chi connectivity index (χ0n) is 7.91. The summed E-state index contributed by atoms with van der Waals surface area (Å²) in [6, 6.07) is 1.91. The molecule has 0 saturated carbocycles. The molecule has 1 aromatic rings. The summed E-state index contributed by atoms with van der Waals surface area (Å²) in [7, 11) is -1.25. The number of rotatable bonds is 1. The van der Waals surface area contributed by atoms with E-state index in [0.29, 0.717) is 0 Å². The number of aldehydes is 1. The molecule has 0 radical (unpaired) electrons. The third-order valence-electron chi connectivity index (χ3n) is 2.47. The fourth-order valence-corrected chi connectivity index (χ4v) is 1.71. The van der Waals surface area contributed by atoms with Crippen molar-refractivity contribution < 1.29 is 27.6 Å². The molecule has 0 fully saturated rings. The fraction of sp³-hybridized carbons (Fsp3) is 0.222. The van der Waals surface area contributed by atoms with Crippen LogP contribution in [0, 0.1) is 0 Å². The summed E-state index contributed by atoms with van der Waals surface area (Å²) in [5.41, 5.74) is -1.13. The molecular weight excluding hydrogens is 224 g/mol. The van der Waals surface area contributed by atoms with Crippen LogP contribution in [0.2, 0.25) is 0 Å². The highest BCUT2D eigenvalue weighted by atomic mass is 19.4. The Balaban J connectivity index is 2.64. The SMILES string of the molecule is O=Cc1c(C(F)(F)F)ccc2c1COB2O. The predicted molar refractivity (Wildman–Crippen MR) is 49.2 cm³/mol. The van der Waals surface area contributed by atoms with E-state index >= 15 is 0 Å². The highest BCUT2D eigenvalue weighted by molar-refractivity contribution is 6.61. The van der Waals surface area contributed by atoms with E-state index < -0.39 is 24.4 Å². The maximum Gasteiger partial charge on any atom is 0.491 e. The molecule has 0 saturated heterocycles. The van der Waals surface area contributed by atoms with Crippen LogP contribution in [0.3, 0.4) is 0 Å². The zero-order chi connectivity index (χ0) is 11.9. The van der Waals surface area contributed by atoms with Crippen molar-refractivity contribution in [2.75, 3.05) is 0 Å². The molecule has 1 heterocycles. The quantitative estimate of drug-likeness (QED) is 0.571. The van der Waals surface area contributed by atoms with Crippen LogP contribution < -0.4 is 5.46 Å². The largest absolute Gasteiger partial charge is 0.491 e. The molecule has 16 heavy (non-hydrogen) atoms. The monoisotopic (exact) mass is 230 g/mol. The maximum absolute atomic E-state index is 12.5. The summed E-state index contributed by atoms with van der Waals surface area (Å²) in [6.07, 6.45) is -4.44. The molecule has 1 aliphatic heterocycles. The van der Waals surface area contributed by atoms with Gasteiger partial charge >= 0.3 is 13.3 Å². The molecule has 84 valence electrons. The second-order valence-electron chi connectivity index (χ2n) is 3.37. The highest BCUT2D eigenvalue weighted by Gasteiger charge is 2.38. The van der Waals surface area contributed by atoms with E-state index in [1.165, 1.54) is 0 Å². The first-order valence-corrected chi connectivity index (χ1v) is 4.43.